The number of ether oxygens (including phenoxy) is 2. The number of nitrogens with zero attached hydrogens (tertiary/aromatic N) is 5. The fourth-order valence-electron chi connectivity index (χ4n) is 14.4. The number of carbonyl (C=O) groups excluding carboxylic acids is 3. The number of likely N-dealkylation sites (tertiary alicyclic amines) is 2. The molecule has 15 nitrogen and oxygen atoms in total. The van der Waals surface area contributed by atoms with Crippen molar-refractivity contribution < 1.29 is 29.0 Å². The number of carbonyl (C=O) groups is 3. The van der Waals surface area contributed by atoms with Crippen LogP contribution >= 0.6 is 11.3 Å². The first-order valence-electron chi connectivity index (χ1n) is 28.8. The predicted octanol–water partition coefficient (Wildman–Crippen LogP) is 7.13. The summed E-state index contributed by atoms with van der Waals surface area (Å²) >= 11 is 1.53. The number of likely N-dealkylation sites (N-methyl/N-ethyl adjacent to an activating group) is 1. The summed E-state index contributed by atoms with van der Waals surface area (Å²) in [6, 6.07) is 5.41. The Morgan fingerprint density at radius 1 is 1.00 bits per heavy atom. The molecule has 5 N–H and O–H groups in total. The van der Waals surface area contributed by atoms with Gasteiger partial charge < -0.3 is 40.4 Å². The lowest BCUT2D eigenvalue weighted by Crippen LogP contribution is -2.56. The number of benzene rings is 1. The molecule has 2 saturated heterocycles. The first kappa shape index (κ1) is 54.5. The van der Waals surface area contributed by atoms with Crippen molar-refractivity contribution in [2.75, 3.05) is 67.1 Å². The van der Waals surface area contributed by atoms with Crippen LogP contribution in [0.3, 0.4) is 0 Å². The average Bonchev–Trinajstić information content (AvgIpc) is 4.04. The van der Waals surface area contributed by atoms with E-state index < -0.39 is 18.3 Å². The average molecular weight is 1050 g/mol. The van der Waals surface area contributed by atoms with Crippen molar-refractivity contribution in [1.82, 2.24) is 40.6 Å². The van der Waals surface area contributed by atoms with Gasteiger partial charge in [0, 0.05) is 91.3 Å². The van der Waals surface area contributed by atoms with E-state index in [4.69, 9.17) is 19.5 Å². The van der Waals surface area contributed by atoms with Gasteiger partial charge in [0.2, 0.25) is 11.8 Å². The van der Waals surface area contributed by atoms with Gasteiger partial charge in [-0.3, -0.25) is 29.2 Å². The molecule has 3 aromatic rings. The summed E-state index contributed by atoms with van der Waals surface area (Å²) in [6.45, 7) is 13.6. The van der Waals surface area contributed by atoms with Gasteiger partial charge >= 0.3 is 0 Å². The van der Waals surface area contributed by atoms with Crippen molar-refractivity contribution in [2.24, 2.45) is 33.1 Å². The number of aliphatic hydroxyl groups is 1. The second kappa shape index (κ2) is 22.8. The molecule has 75 heavy (non-hydrogen) atoms. The zero-order chi connectivity index (χ0) is 52.6. The van der Waals surface area contributed by atoms with E-state index >= 15 is 4.79 Å². The third-order valence-electron chi connectivity index (χ3n) is 18.7. The minimum absolute atomic E-state index is 0.0108. The molecule has 1 aromatic carbocycles. The van der Waals surface area contributed by atoms with Gasteiger partial charge in [-0.2, -0.15) is 0 Å². The van der Waals surface area contributed by atoms with Crippen LogP contribution < -0.4 is 21.3 Å². The Balaban J connectivity index is 0.939. The Morgan fingerprint density at radius 3 is 2.47 bits per heavy atom. The Morgan fingerprint density at radius 2 is 1.76 bits per heavy atom. The summed E-state index contributed by atoms with van der Waals surface area (Å²) in [6.07, 6.45) is 16.0. The number of hydrogen-bond donors (Lipinski definition) is 5. The Bertz CT molecular complexity index is 2610. The molecule has 1 spiro atoms. The molecule has 16 heteroatoms. The zero-order valence-electron chi connectivity index (χ0n) is 46.1. The third kappa shape index (κ3) is 11.4. The molecule has 4 bridgehead atoms. The van der Waals surface area contributed by atoms with E-state index in [1.54, 1.807) is 14.2 Å². The second-order valence-corrected chi connectivity index (χ2v) is 25.4. The maximum Gasteiger partial charge on any atom is 0.243 e. The highest BCUT2D eigenvalue weighted by atomic mass is 32.1. The van der Waals surface area contributed by atoms with Crippen LogP contribution in [0.25, 0.3) is 27.7 Å². The molecular formula is C59H87N9O6S. The summed E-state index contributed by atoms with van der Waals surface area (Å²) in [5.41, 5.74) is 7.16. The highest BCUT2D eigenvalue weighted by molar-refractivity contribution is 7.10. The Kier molecular flexibility index (Phi) is 16.6. The van der Waals surface area contributed by atoms with Crippen LogP contribution in [0.2, 0.25) is 0 Å². The number of aromatic nitrogens is 2. The first-order chi connectivity index (χ1) is 36.2. The quantitative estimate of drug-likeness (QED) is 0.111. The topological polar surface area (TPSA) is 175 Å². The van der Waals surface area contributed by atoms with Crippen LogP contribution in [0.5, 0.6) is 0 Å². The summed E-state index contributed by atoms with van der Waals surface area (Å²) in [4.78, 5) is 58.3. The lowest BCUT2D eigenvalue weighted by molar-refractivity contribution is -0.133. The second-order valence-electron chi connectivity index (χ2n) is 24.5. The van der Waals surface area contributed by atoms with Crippen LogP contribution in [-0.2, 0) is 43.2 Å². The summed E-state index contributed by atoms with van der Waals surface area (Å²) < 4.78 is 14.6. The molecule has 10 rings (SSSR count). The number of aliphatic hydroxyl groups excluding tert-OH is 1. The molecule has 0 radical (unpaired) electrons. The number of fused-ring (bicyclic) bond motifs is 4. The normalized spacial score (nSPS) is 27.9. The molecule has 410 valence electrons. The van der Waals surface area contributed by atoms with Crippen LogP contribution in [0.1, 0.15) is 134 Å². The minimum atomic E-state index is -0.841. The molecule has 3 saturated carbocycles. The number of thiazole rings is 1. The highest BCUT2D eigenvalue weighted by Crippen LogP contribution is 2.59. The van der Waals surface area contributed by atoms with Crippen molar-refractivity contribution in [2.45, 2.75) is 173 Å². The minimum Gasteiger partial charge on any atom is -0.378 e. The van der Waals surface area contributed by atoms with Crippen molar-refractivity contribution in [1.29, 1.82) is 0 Å². The van der Waals surface area contributed by atoms with Gasteiger partial charge in [-0.15, -0.1) is 11.3 Å². The lowest BCUT2D eigenvalue weighted by Gasteiger charge is -2.37. The Labute approximate surface area is 449 Å². The van der Waals surface area contributed by atoms with Gasteiger partial charge in [-0.25, -0.2) is 4.98 Å². The number of aryl methyl sites for hydroxylation is 1. The van der Waals surface area contributed by atoms with Gasteiger partial charge in [0.1, 0.15) is 18.9 Å². The van der Waals surface area contributed by atoms with Crippen molar-refractivity contribution in [3.05, 3.63) is 45.5 Å². The number of Topliss-reactive ketones (excluding diaryl/α,β-unsaturated/α-hetero) is 1. The van der Waals surface area contributed by atoms with E-state index in [0.29, 0.717) is 44.4 Å². The van der Waals surface area contributed by atoms with E-state index in [1.165, 1.54) is 41.0 Å². The molecule has 3 aliphatic carbocycles. The van der Waals surface area contributed by atoms with Crippen LogP contribution in [0, 0.1) is 28.1 Å². The molecule has 5 fully saturated rings. The van der Waals surface area contributed by atoms with Gasteiger partial charge in [0.15, 0.2) is 5.78 Å². The number of ketones is 1. The summed E-state index contributed by atoms with van der Waals surface area (Å²) in [7, 11) is 5.61. The first-order valence-corrected chi connectivity index (χ1v) is 29.7. The van der Waals surface area contributed by atoms with E-state index in [0.717, 1.165) is 130 Å². The van der Waals surface area contributed by atoms with E-state index in [9.17, 15) is 14.7 Å². The number of rotatable bonds is 14. The molecule has 1 unspecified atom stereocenters. The maximum atomic E-state index is 15.1. The molecular weight excluding hydrogens is 963 g/mol. The molecule has 6 heterocycles. The van der Waals surface area contributed by atoms with Crippen molar-refractivity contribution in [3.63, 3.8) is 0 Å². The number of nitrogens with one attached hydrogen (secondary N) is 4. The number of methoxy groups -OCH3 is 1. The Hall–Kier alpha value is -3.87. The maximum absolute atomic E-state index is 15.1. The van der Waals surface area contributed by atoms with E-state index in [1.807, 2.05) is 6.21 Å². The predicted molar refractivity (Wildman–Crippen MR) is 298 cm³/mol. The van der Waals surface area contributed by atoms with Gasteiger partial charge in [-0.1, -0.05) is 32.8 Å². The molecule has 7 aliphatic rings. The number of aliphatic imine (C=N–C) groups is 1. The third-order valence-corrected chi connectivity index (χ3v) is 19.6. The number of amides is 2. The van der Waals surface area contributed by atoms with E-state index in [2.05, 4.69) is 94.0 Å². The fraction of sp³-hybridized carbons (Fsp3) is 0.712. The van der Waals surface area contributed by atoms with Gasteiger partial charge in [0.05, 0.1) is 46.9 Å². The largest absolute Gasteiger partial charge is 0.378 e. The van der Waals surface area contributed by atoms with E-state index in [-0.39, 0.29) is 64.9 Å². The van der Waals surface area contributed by atoms with Crippen molar-refractivity contribution in [3.8, 4) is 11.3 Å². The summed E-state index contributed by atoms with van der Waals surface area (Å²) in [5.74, 6) is 0.557. The SMILES string of the molecule is CCn1c(C2=C([C@H](C)OC)N=CCC2)c2c3cc(ccc31)-c1csc(n1)C[C@H](NC(=O)[C@H](C1CCCC1)N1CC[C@]3(CCN(C(O)C4([C@H](NC)C5CC5)CC4)C3)C1)C(=O)NCCC[C@H](NC)C(=O)COCC(C)(C)C2. The standard InChI is InChI=1S/C59H87N9O6S/c1-8-68-47-20-19-40-29-42(47)43(52(68)41-15-11-25-62-50(41)37(2)73-7)31-57(3,4)36-74-32-48(69)44(60-5)16-12-26-63-54(70)45(30-49-64-46(40)33-75-49)65-55(71)51(38-13-9-10-14-38)66-27-23-58(34-66)24-28-67(35-58)56(72)59(21-22-59)53(61-6)39-17-18-39/h19-20,25,29,33,37-39,44-45,51,53,56,60-61,72H,8-18,21-24,26-28,30-32,34-36H2,1-7H3,(H,63,70)(H,65,71)/t37-,44-,45-,51-,53+,56?,58-/m0/s1. The number of hydrogen-bond acceptors (Lipinski definition) is 13. The highest BCUT2D eigenvalue weighted by Gasteiger charge is 2.61. The molecule has 4 aliphatic heterocycles. The van der Waals surface area contributed by atoms with Crippen LogP contribution in [0.15, 0.2) is 34.3 Å². The molecule has 7 atom stereocenters. The number of allylic oxidation sites excluding steroid dienone is 1. The molecule has 2 aromatic heterocycles. The molecule has 2 amide bonds. The van der Waals surface area contributed by atoms with Gasteiger partial charge in [0.25, 0.3) is 0 Å². The zero-order valence-corrected chi connectivity index (χ0v) is 46.9. The van der Waals surface area contributed by atoms with Crippen LogP contribution in [0.4, 0.5) is 0 Å². The summed E-state index contributed by atoms with van der Waals surface area (Å²) in [5, 5.41) is 29.4. The lowest BCUT2D eigenvalue weighted by atomic mass is 9.83. The van der Waals surface area contributed by atoms with Crippen molar-refractivity contribution >= 4 is 51.6 Å². The smallest absolute Gasteiger partial charge is 0.243 e. The monoisotopic (exact) mass is 1050 g/mol. The van der Waals surface area contributed by atoms with Gasteiger partial charge in [-0.05, 0) is 158 Å². The fourth-order valence-corrected chi connectivity index (χ4v) is 15.2. The van der Waals surface area contributed by atoms with Crippen LogP contribution in [-0.4, -0.2) is 152 Å².